The van der Waals surface area contributed by atoms with Gasteiger partial charge in [0.1, 0.15) is 0 Å². The van der Waals surface area contributed by atoms with Crippen molar-refractivity contribution >= 4 is 11.6 Å². The first-order chi connectivity index (χ1) is 11.3. The molecule has 0 saturated heterocycles. The lowest BCUT2D eigenvalue weighted by Crippen LogP contribution is -2.43. The molecule has 1 aromatic rings. The molecule has 0 radical (unpaired) electrons. The van der Waals surface area contributed by atoms with Gasteiger partial charge in [0, 0.05) is 38.0 Å². The Morgan fingerprint density at radius 2 is 2.13 bits per heavy atom. The molecule has 0 saturated carbocycles. The van der Waals surface area contributed by atoms with Crippen LogP contribution in [0.4, 0.5) is 5.69 Å². The SMILES string of the molecule is CCNC(=NCCOCC)NCCN1c2ccccc2CC1C. The van der Waals surface area contributed by atoms with Crippen molar-refractivity contribution in [2.24, 2.45) is 4.99 Å². The van der Waals surface area contributed by atoms with Crippen molar-refractivity contribution in [3.8, 4) is 0 Å². The summed E-state index contributed by atoms with van der Waals surface area (Å²) in [7, 11) is 0. The van der Waals surface area contributed by atoms with Gasteiger partial charge in [-0.25, -0.2) is 0 Å². The van der Waals surface area contributed by atoms with Crippen LogP contribution >= 0.6 is 0 Å². The second-order valence-corrected chi connectivity index (χ2v) is 5.76. The molecule has 128 valence electrons. The van der Waals surface area contributed by atoms with E-state index in [9.17, 15) is 0 Å². The van der Waals surface area contributed by atoms with E-state index >= 15 is 0 Å². The van der Waals surface area contributed by atoms with Crippen LogP contribution in [0.25, 0.3) is 0 Å². The summed E-state index contributed by atoms with van der Waals surface area (Å²) in [6.45, 7) is 11.2. The fraction of sp³-hybridized carbons (Fsp3) is 0.611. The molecule has 0 amide bonds. The summed E-state index contributed by atoms with van der Waals surface area (Å²) in [5.74, 6) is 0.868. The Labute approximate surface area is 140 Å². The van der Waals surface area contributed by atoms with Gasteiger partial charge in [0.2, 0.25) is 0 Å². The lowest BCUT2D eigenvalue weighted by atomic mass is 10.1. The third-order valence-electron chi connectivity index (χ3n) is 4.05. The Morgan fingerprint density at radius 3 is 2.91 bits per heavy atom. The number of para-hydroxylation sites is 1. The lowest BCUT2D eigenvalue weighted by Gasteiger charge is -2.25. The van der Waals surface area contributed by atoms with Gasteiger partial charge in [-0.3, -0.25) is 4.99 Å². The summed E-state index contributed by atoms with van der Waals surface area (Å²) in [6.07, 6.45) is 1.14. The van der Waals surface area contributed by atoms with E-state index in [-0.39, 0.29) is 0 Å². The molecule has 1 aliphatic rings. The summed E-state index contributed by atoms with van der Waals surface area (Å²) in [5, 5.41) is 6.70. The minimum absolute atomic E-state index is 0.562. The molecule has 0 fully saturated rings. The molecule has 0 aliphatic carbocycles. The zero-order valence-corrected chi connectivity index (χ0v) is 14.6. The second-order valence-electron chi connectivity index (χ2n) is 5.76. The molecule has 23 heavy (non-hydrogen) atoms. The number of hydrogen-bond donors (Lipinski definition) is 2. The molecule has 0 bridgehead atoms. The standard InChI is InChI=1S/C18H30N4O/c1-4-19-18(21-11-13-23-5-2)20-10-12-22-15(3)14-16-8-6-7-9-17(16)22/h6-9,15H,4-5,10-14H2,1-3H3,(H2,19,20,21). The van der Waals surface area contributed by atoms with E-state index in [1.54, 1.807) is 0 Å². The number of hydrogen-bond acceptors (Lipinski definition) is 3. The minimum Gasteiger partial charge on any atom is -0.380 e. The van der Waals surface area contributed by atoms with Gasteiger partial charge in [-0.05, 0) is 38.8 Å². The summed E-state index contributed by atoms with van der Waals surface area (Å²) < 4.78 is 5.33. The van der Waals surface area contributed by atoms with Gasteiger partial charge in [-0.2, -0.15) is 0 Å². The fourth-order valence-electron chi connectivity index (χ4n) is 2.97. The molecule has 2 rings (SSSR count). The Balaban J connectivity index is 1.82. The highest BCUT2D eigenvalue weighted by Crippen LogP contribution is 2.30. The first-order valence-corrected chi connectivity index (χ1v) is 8.70. The van der Waals surface area contributed by atoms with Gasteiger partial charge >= 0.3 is 0 Å². The van der Waals surface area contributed by atoms with Crippen LogP contribution in [0.2, 0.25) is 0 Å². The molecule has 0 spiro atoms. The number of benzene rings is 1. The predicted octanol–water partition coefficient (Wildman–Crippen LogP) is 2.03. The van der Waals surface area contributed by atoms with Crippen LogP contribution in [0.15, 0.2) is 29.3 Å². The molecule has 5 nitrogen and oxygen atoms in total. The molecule has 1 heterocycles. The normalized spacial score (nSPS) is 17.3. The average Bonchev–Trinajstić information content (AvgIpc) is 2.87. The highest BCUT2D eigenvalue weighted by atomic mass is 16.5. The van der Waals surface area contributed by atoms with Crippen LogP contribution in [0.3, 0.4) is 0 Å². The Bertz CT molecular complexity index is 504. The largest absolute Gasteiger partial charge is 0.380 e. The highest BCUT2D eigenvalue weighted by Gasteiger charge is 2.24. The molecule has 1 atom stereocenters. The zero-order valence-electron chi connectivity index (χ0n) is 14.6. The third kappa shape index (κ3) is 5.13. The van der Waals surface area contributed by atoms with Crippen LogP contribution in [0.1, 0.15) is 26.3 Å². The number of aliphatic imine (C=N–C) groups is 1. The first-order valence-electron chi connectivity index (χ1n) is 8.70. The number of rotatable bonds is 8. The van der Waals surface area contributed by atoms with Crippen LogP contribution in [0, 0.1) is 0 Å². The molecule has 2 N–H and O–H groups in total. The first kappa shape index (κ1) is 17.6. The Kier molecular flexibility index (Phi) is 7.20. The highest BCUT2D eigenvalue weighted by molar-refractivity contribution is 5.79. The van der Waals surface area contributed by atoms with Gasteiger partial charge in [-0.1, -0.05) is 18.2 Å². The maximum Gasteiger partial charge on any atom is 0.191 e. The Hall–Kier alpha value is -1.75. The molecule has 1 aliphatic heterocycles. The average molecular weight is 318 g/mol. The van der Waals surface area contributed by atoms with E-state index in [1.807, 2.05) is 6.92 Å². The van der Waals surface area contributed by atoms with Crippen molar-refractivity contribution in [1.82, 2.24) is 10.6 Å². The summed E-state index contributed by atoms with van der Waals surface area (Å²) in [5.41, 5.74) is 2.83. The molecule has 1 unspecified atom stereocenters. The smallest absolute Gasteiger partial charge is 0.191 e. The van der Waals surface area contributed by atoms with E-state index in [0.717, 1.165) is 38.6 Å². The fourth-order valence-corrected chi connectivity index (χ4v) is 2.97. The van der Waals surface area contributed by atoms with Crippen LogP contribution in [0.5, 0.6) is 0 Å². The van der Waals surface area contributed by atoms with Gasteiger partial charge in [0.15, 0.2) is 5.96 Å². The van der Waals surface area contributed by atoms with E-state index in [1.165, 1.54) is 11.3 Å². The molecule has 5 heteroatoms. The number of nitrogens with one attached hydrogen (secondary N) is 2. The van der Waals surface area contributed by atoms with Gasteiger partial charge in [-0.15, -0.1) is 0 Å². The summed E-state index contributed by atoms with van der Waals surface area (Å²) in [6, 6.07) is 9.27. The number of guanidine groups is 1. The van der Waals surface area contributed by atoms with Gasteiger partial charge in [0.05, 0.1) is 13.2 Å². The van der Waals surface area contributed by atoms with Crippen molar-refractivity contribution in [1.29, 1.82) is 0 Å². The Morgan fingerprint density at radius 1 is 1.30 bits per heavy atom. The predicted molar refractivity (Wildman–Crippen MR) is 97.4 cm³/mol. The topological polar surface area (TPSA) is 48.9 Å². The third-order valence-corrected chi connectivity index (χ3v) is 4.05. The maximum atomic E-state index is 5.33. The van der Waals surface area contributed by atoms with Crippen LogP contribution < -0.4 is 15.5 Å². The quantitative estimate of drug-likeness (QED) is 0.437. The number of ether oxygens (including phenoxy) is 1. The maximum absolute atomic E-state index is 5.33. The van der Waals surface area contributed by atoms with E-state index in [4.69, 9.17) is 4.74 Å². The molecule has 1 aromatic carbocycles. The molecule has 0 aromatic heterocycles. The minimum atomic E-state index is 0.562. The second kappa shape index (κ2) is 9.40. The monoisotopic (exact) mass is 318 g/mol. The zero-order chi connectivity index (χ0) is 16.5. The van der Waals surface area contributed by atoms with E-state index in [2.05, 4.69) is 58.6 Å². The van der Waals surface area contributed by atoms with Crippen molar-refractivity contribution in [3.63, 3.8) is 0 Å². The van der Waals surface area contributed by atoms with Crippen molar-refractivity contribution < 1.29 is 4.74 Å². The lowest BCUT2D eigenvalue weighted by molar-refractivity contribution is 0.155. The van der Waals surface area contributed by atoms with Crippen LogP contribution in [-0.2, 0) is 11.2 Å². The van der Waals surface area contributed by atoms with E-state index < -0.39 is 0 Å². The number of nitrogens with zero attached hydrogens (tertiary/aromatic N) is 2. The van der Waals surface area contributed by atoms with Crippen molar-refractivity contribution in [2.75, 3.05) is 44.3 Å². The molecular weight excluding hydrogens is 288 g/mol. The van der Waals surface area contributed by atoms with Gasteiger partial charge < -0.3 is 20.3 Å². The summed E-state index contributed by atoms with van der Waals surface area (Å²) >= 11 is 0. The van der Waals surface area contributed by atoms with Crippen LogP contribution in [-0.4, -0.2) is 51.4 Å². The van der Waals surface area contributed by atoms with Gasteiger partial charge in [0.25, 0.3) is 0 Å². The number of anilines is 1. The molecular formula is C18H30N4O. The van der Waals surface area contributed by atoms with Crippen molar-refractivity contribution in [3.05, 3.63) is 29.8 Å². The van der Waals surface area contributed by atoms with Crippen molar-refractivity contribution in [2.45, 2.75) is 33.2 Å². The van der Waals surface area contributed by atoms with E-state index in [0.29, 0.717) is 19.2 Å². The summed E-state index contributed by atoms with van der Waals surface area (Å²) in [4.78, 5) is 7.01. The number of fused-ring (bicyclic) bond motifs is 1.